The zero-order valence-corrected chi connectivity index (χ0v) is 15.0. The molecular weight excluding hydrogens is 330 g/mol. The first-order valence-corrected chi connectivity index (χ1v) is 9.30. The standard InChI is InChI=1S/C20H23N3O3/c1-2-26-20(25)14-9-11-23(12-10-14)19(24)18-16-8-7-13-5-3-4-6-15(13)17(16)21-22-18/h3-6,14H,2,7-12H2,1H3,(H,21,22). The number of ether oxygens (including phenoxy) is 1. The molecule has 0 radical (unpaired) electrons. The van der Waals surface area contributed by atoms with Gasteiger partial charge in [-0.25, -0.2) is 0 Å². The SMILES string of the molecule is CCOC(=O)C1CCN(C(=O)c2[nH]nc3c2CCc2ccccc2-3)CC1. The Morgan fingerprint density at radius 1 is 1.23 bits per heavy atom. The third kappa shape index (κ3) is 2.89. The molecule has 0 unspecified atom stereocenters. The zero-order chi connectivity index (χ0) is 18.1. The van der Waals surface area contributed by atoms with Crippen LogP contribution in [0.1, 0.15) is 41.4 Å². The summed E-state index contributed by atoms with van der Waals surface area (Å²) < 4.78 is 5.10. The molecule has 1 aliphatic carbocycles. The summed E-state index contributed by atoms with van der Waals surface area (Å²) >= 11 is 0. The van der Waals surface area contributed by atoms with Gasteiger partial charge in [0.05, 0.1) is 18.2 Å². The highest BCUT2D eigenvalue weighted by atomic mass is 16.5. The summed E-state index contributed by atoms with van der Waals surface area (Å²) in [5.41, 5.74) is 4.91. The molecule has 2 aliphatic rings. The van der Waals surface area contributed by atoms with Gasteiger partial charge in [-0.3, -0.25) is 14.7 Å². The second-order valence-corrected chi connectivity index (χ2v) is 6.90. The van der Waals surface area contributed by atoms with E-state index in [1.165, 1.54) is 5.56 Å². The number of hydrogen-bond donors (Lipinski definition) is 1. The fourth-order valence-corrected chi connectivity index (χ4v) is 3.97. The highest BCUT2D eigenvalue weighted by molar-refractivity contribution is 5.96. The van der Waals surface area contributed by atoms with Crippen molar-refractivity contribution in [2.75, 3.05) is 19.7 Å². The summed E-state index contributed by atoms with van der Waals surface area (Å²) in [7, 11) is 0. The Hall–Kier alpha value is -2.63. The monoisotopic (exact) mass is 353 g/mol. The molecule has 0 saturated carbocycles. The van der Waals surface area contributed by atoms with Crippen LogP contribution in [0.4, 0.5) is 0 Å². The summed E-state index contributed by atoms with van der Waals surface area (Å²) in [5.74, 6) is -0.253. The number of H-pyrrole nitrogens is 1. The van der Waals surface area contributed by atoms with Gasteiger partial charge in [-0.15, -0.1) is 0 Å². The molecule has 0 atom stereocenters. The zero-order valence-electron chi connectivity index (χ0n) is 15.0. The number of amides is 1. The number of aryl methyl sites for hydroxylation is 1. The van der Waals surface area contributed by atoms with Crippen molar-refractivity contribution >= 4 is 11.9 Å². The van der Waals surface area contributed by atoms with E-state index in [4.69, 9.17) is 4.74 Å². The number of esters is 1. The number of benzene rings is 1. The highest BCUT2D eigenvalue weighted by Crippen LogP contribution is 2.34. The van der Waals surface area contributed by atoms with Crippen LogP contribution in [0.5, 0.6) is 0 Å². The van der Waals surface area contributed by atoms with E-state index in [0.717, 1.165) is 29.7 Å². The van der Waals surface area contributed by atoms with Gasteiger partial charge in [0.2, 0.25) is 0 Å². The van der Waals surface area contributed by atoms with Crippen molar-refractivity contribution in [1.82, 2.24) is 15.1 Å². The van der Waals surface area contributed by atoms with Gasteiger partial charge in [-0.05, 0) is 38.2 Å². The molecule has 1 amide bonds. The Bertz CT molecular complexity index is 835. The molecule has 4 rings (SSSR count). The lowest BCUT2D eigenvalue weighted by Crippen LogP contribution is -2.41. The Morgan fingerprint density at radius 2 is 2.00 bits per heavy atom. The second kappa shape index (κ2) is 6.94. The molecule has 1 N–H and O–H groups in total. The molecule has 136 valence electrons. The molecule has 0 spiro atoms. The van der Waals surface area contributed by atoms with Gasteiger partial charge < -0.3 is 9.64 Å². The van der Waals surface area contributed by atoms with Gasteiger partial charge in [0, 0.05) is 24.2 Å². The fourth-order valence-electron chi connectivity index (χ4n) is 3.97. The molecule has 1 saturated heterocycles. The van der Waals surface area contributed by atoms with Crippen LogP contribution in [-0.4, -0.2) is 46.7 Å². The summed E-state index contributed by atoms with van der Waals surface area (Å²) in [6.07, 6.45) is 3.06. The van der Waals surface area contributed by atoms with E-state index in [1.807, 2.05) is 24.0 Å². The first-order valence-electron chi connectivity index (χ1n) is 9.30. The number of nitrogens with zero attached hydrogens (tertiary/aromatic N) is 2. The number of hydrogen-bond acceptors (Lipinski definition) is 4. The number of likely N-dealkylation sites (tertiary alicyclic amines) is 1. The summed E-state index contributed by atoms with van der Waals surface area (Å²) in [4.78, 5) is 26.7. The summed E-state index contributed by atoms with van der Waals surface area (Å²) in [5, 5.41) is 7.41. The number of aromatic nitrogens is 2. The number of aromatic amines is 1. The lowest BCUT2D eigenvalue weighted by molar-refractivity contribution is -0.149. The Kier molecular flexibility index (Phi) is 4.49. The topological polar surface area (TPSA) is 75.3 Å². The number of piperidine rings is 1. The Balaban J connectivity index is 1.50. The number of fused-ring (bicyclic) bond motifs is 3. The maximum Gasteiger partial charge on any atom is 0.309 e. The van der Waals surface area contributed by atoms with Crippen LogP contribution in [0.3, 0.4) is 0 Å². The van der Waals surface area contributed by atoms with E-state index in [1.54, 1.807) is 0 Å². The van der Waals surface area contributed by atoms with Gasteiger partial charge in [0.15, 0.2) is 0 Å². The minimum absolute atomic E-state index is 0.0135. The first kappa shape index (κ1) is 16.8. The molecule has 2 heterocycles. The van der Waals surface area contributed by atoms with Gasteiger partial charge in [0.1, 0.15) is 5.69 Å². The average Bonchev–Trinajstić information content (AvgIpc) is 3.12. The summed E-state index contributed by atoms with van der Waals surface area (Å²) in [6.45, 7) is 3.37. The van der Waals surface area contributed by atoms with Crippen LogP contribution < -0.4 is 0 Å². The predicted molar refractivity (Wildman–Crippen MR) is 96.7 cm³/mol. The van der Waals surface area contributed by atoms with E-state index in [9.17, 15) is 9.59 Å². The van der Waals surface area contributed by atoms with Crippen molar-refractivity contribution < 1.29 is 14.3 Å². The summed E-state index contributed by atoms with van der Waals surface area (Å²) in [6, 6.07) is 8.22. The van der Waals surface area contributed by atoms with Gasteiger partial charge in [-0.2, -0.15) is 5.10 Å². The fraction of sp³-hybridized carbons (Fsp3) is 0.450. The van der Waals surface area contributed by atoms with Crippen molar-refractivity contribution in [1.29, 1.82) is 0 Å². The maximum atomic E-state index is 13.0. The van der Waals surface area contributed by atoms with Crippen LogP contribution in [0.25, 0.3) is 11.3 Å². The quantitative estimate of drug-likeness (QED) is 0.861. The van der Waals surface area contributed by atoms with Crippen LogP contribution in [0.2, 0.25) is 0 Å². The van der Waals surface area contributed by atoms with Gasteiger partial charge in [-0.1, -0.05) is 24.3 Å². The number of rotatable bonds is 3. The molecule has 2 aromatic rings. The molecule has 0 bridgehead atoms. The van der Waals surface area contributed by atoms with Crippen LogP contribution in [0.15, 0.2) is 24.3 Å². The van der Waals surface area contributed by atoms with Crippen molar-refractivity contribution in [3.05, 3.63) is 41.1 Å². The molecular formula is C20H23N3O3. The van der Waals surface area contributed by atoms with E-state index in [0.29, 0.717) is 38.2 Å². The third-order valence-electron chi connectivity index (χ3n) is 5.40. The van der Waals surface area contributed by atoms with Crippen LogP contribution >= 0.6 is 0 Å². The highest BCUT2D eigenvalue weighted by Gasteiger charge is 2.32. The lowest BCUT2D eigenvalue weighted by Gasteiger charge is -2.30. The largest absolute Gasteiger partial charge is 0.466 e. The van der Waals surface area contributed by atoms with E-state index in [2.05, 4.69) is 22.3 Å². The number of carbonyl (C=O) groups is 2. The van der Waals surface area contributed by atoms with E-state index >= 15 is 0 Å². The third-order valence-corrected chi connectivity index (χ3v) is 5.40. The minimum Gasteiger partial charge on any atom is -0.466 e. The molecule has 1 aromatic carbocycles. The Morgan fingerprint density at radius 3 is 2.77 bits per heavy atom. The maximum absolute atomic E-state index is 13.0. The van der Waals surface area contributed by atoms with Crippen molar-refractivity contribution in [3.8, 4) is 11.3 Å². The molecule has 6 nitrogen and oxygen atoms in total. The van der Waals surface area contributed by atoms with E-state index < -0.39 is 0 Å². The molecule has 1 aliphatic heterocycles. The Labute approximate surface area is 152 Å². The van der Waals surface area contributed by atoms with Crippen molar-refractivity contribution in [2.45, 2.75) is 32.6 Å². The second-order valence-electron chi connectivity index (χ2n) is 6.90. The van der Waals surface area contributed by atoms with Gasteiger partial charge in [0.25, 0.3) is 5.91 Å². The predicted octanol–water partition coefficient (Wildman–Crippen LogP) is 2.59. The van der Waals surface area contributed by atoms with Crippen LogP contribution in [-0.2, 0) is 22.4 Å². The molecule has 1 aromatic heterocycles. The van der Waals surface area contributed by atoms with Gasteiger partial charge >= 0.3 is 5.97 Å². The first-order chi connectivity index (χ1) is 12.7. The smallest absolute Gasteiger partial charge is 0.309 e. The number of nitrogens with one attached hydrogen (secondary N) is 1. The molecule has 26 heavy (non-hydrogen) atoms. The minimum atomic E-state index is -0.143. The normalized spacial score (nSPS) is 16.7. The average molecular weight is 353 g/mol. The van der Waals surface area contributed by atoms with Crippen molar-refractivity contribution in [3.63, 3.8) is 0 Å². The molecule has 1 fully saturated rings. The lowest BCUT2D eigenvalue weighted by atomic mass is 9.88. The number of carbonyl (C=O) groups excluding carboxylic acids is 2. The van der Waals surface area contributed by atoms with E-state index in [-0.39, 0.29) is 17.8 Å². The molecule has 6 heteroatoms. The van der Waals surface area contributed by atoms with Crippen LogP contribution in [0, 0.1) is 5.92 Å². The van der Waals surface area contributed by atoms with Crippen molar-refractivity contribution in [2.24, 2.45) is 5.92 Å².